The molecule has 0 fully saturated rings. The maximum atomic E-state index is 12.8. The minimum Gasteiger partial charge on any atom is -0.496 e. The van der Waals surface area contributed by atoms with Crippen molar-refractivity contribution in [2.45, 2.75) is 4.90 Å². The second-order valence-electron chi connectivity index (χ2n) is 2.12. The summed E-state index contributed by atoms with van der Waals surface area (Å²) < 4.78 is 17.7. The molecule has 1 aromatic carbocycles. The molecule has 0 N–H and O–H groups in total. The van der Waals surface area contributed by atoms with Crippen molar-refractivity contribution in [3.63, 3.8) is 0 Å². The van der Waals surface area contributed by atoms with E-state index in [1.807, 2.05) is 0 Å². The molecule has 0 saturated carbocycles. The van der Waals surface area contributed by atoms with Crippen molar-refractivity contribution in [1.82, 2.24) is 0 Å². The summed E-state index contributed by atoms with van der Waals surface area (Å²) in [6, 6.07) is 4.18. The van der Waals surface area contributed by atoms with Gasteiger partial charge in [-0.3, -0.25) is 0 Å². The molecule has 0 bridgehead atoms. The summed E-state index contributed by atoms with van der Waals surface area (Å²) in [7, 11) is 1.44. The van der Waals surface area contributed by atoms with Gasteiger partial charge in [0.25, 0.3) is 0 Å². The second-order valence-corrected chi connectivity index (χ2v) is 2.60. The number of nitriles is 1. The molecular weight excluding hydrogens is 177 g/mol. The van der Waals surface area contributed by atoms with Crippen molar-refractivity contribution in [2.24, 2.45) is 0 Å². The van der Waals surface area contributed by atoms with E-state index in [4.69, 9.17) is 10.00 Å². The van der Waals surface area contributed by atoms with Gasteiger partial charge in [0.05, 0.1) is 12.7 Å². The predicted octanol–water partition coefficient (Wildman–Crippen LogP) is 1.99. The van der Waals surface area contributed by atoms with Crippen LogP contribution in [0.15, 0.2) is 17.0 Å². The van der Waals surface area contributed by atoms with Crippen LogP contribution in [0, 0.1) is 17.1 Å². The summed E-state index contributed by atoms with van der Waals surface area (Å²) in [4.78, 5) is 0.383. The largest absolute Gasteiger partial charge is 0.496 e. The molecule has 0 spiro atoms. The molecule has 0 aliphatic carbocycles. The van der Waals surface area contributed by atoms with E-state index in [2.05, 4.69) is 12.6 Å². The Hall–Kier alpha value is -1.21. The van der Waals surface area contributed by atoms with Crippen molar-refractivity contribution < 1.29 is 9.13 Å². The summed E-state index contributed by atoms with van der Waals surface area (Å²) in [6.45, 7) is 0. The van der Waals surface area contributed by atoms with Gasteiger partial charge in [-0.15, -0.1) is 12.6 Å². The van der Waals surface area contributed by atoms with Gasteiger partial charge in [-0.2, -0.15) is 5.26 Å². The second kappa shape index (κ2) is 3.46. The third-order valence-corrected chi connectivity index (χ3v) is 1.74. The number of rotatable bonds is 1. The van der Waals surface area contributed by atoms with Crippen LogP contribution in [0.3, 0.4) is 0 Å². The van der Waals surface area contributed by atoms with E-state index in [1.54, 1.807) is 6.07 Å². The standard InChI is InChI=1S/C8H6FNOS/c1-11-7-2-5(4-10)6(9)3-8(7)12/h2-3,12H,1H3. The number of hydrogen-bond donors (Lipinski definition) is 1. The van der Waals surface area contributed by atoms with Crippen molar-refractivity contribution in [2.75, 3.05) is 7.11 Å². The van der Waals surface area contributed by atoms with Gasteiger partial charge in [0.2, 0.25) is 0 Å². The Bertz CT molecular complexity index is 346. The Balaban J connectivity index is 3.30. The molecule has 12 heavy (non-hydrogen) atoms. The van der Waals surface area contributed by atoms with Crippen molar-refractivity contribution >= 4 is 12.6 Å². The predicted molar refractivity (Wildman–Crippen MR) is 44.9 cm³/mol. The molecule has 62 valence electrons. The van der Waals surface area contributed by atoms with E-state index in [0.29, 0.717) is 10.6 Å². The average Bonchev–Trinajstić information content (AvgIpc) is 2.05. The van der Waals surface area contributed by atoms with Crippen LogP contribution in [-0.2, 0) is 0 Å². The normalized spacial score (nSPS) is 9.17. The van der Waals surface area contributed by atoms with E-state index in [0.717, 1.165) is 6.07 Å². The third kappa shape index (κ3) is 1.51. The molecule has 0 aliphatic rings. The summed E-state index contributed by atoms with van der Waals surface area (Å²) in [5.74, 6) is -0.181. The maximum absolute atomic E-state index is 12.8. The number of thiol groups is 1. The molecule has 0 unspecified atom stereocenters. The first kappa shape index (κ1) is 8.88. The Morgan fingerprint density at radius 1 is 1.58 bits per heavy atom. The van der Waals surface area contributed by atoms with E-state index in [9.17, 15) is 4.39 Å². The lowest BCUT2D eigenvalue weighted by molar-refractivity contribution is 0.403. The van der Waals surface area contributed by atoms with Gasteiger partial charge in [-0.25, -0.2) is 4.39 Å². The van der Waals surface area contributed by atoms with Crippen LogP contribution in [-0.4, -0.2) is 7.11 Å². The zero-order valence-electron chi connectivity index (χ0n) is 6.34. The lowest BCUT2D eigenvalue weighted by Crippen LogP contribution is -1.89. The molecule has 4 heteroatoms. The van der Waals surface area contributed by atoms with Crippen molar-refractivity contribution in [1.29, 1.82) is 5.26 Å². The highest BCUT2D eigenvalue weighted by Gasteiger charge is 2.06. The Morgan fingerprint density at radius 3 is 2.75 bits per heavy atom. The Kier molecular flexibility index (Phi) is 2.56. The molecule has 0 aliphatic heterocycles. The Morgan fingerprint density at radius 2 is 2.25 bits per heavy atom. The van der Waals surface area contributed by atoms with E-state index in [1.165, 1.54) is 13.2 Å². The molecule has 2 nitrogen and oxygen atoms in total. The highest BCUT2D eigenvalue weighted by Crippen LogP contribution is 2.25. The SMILES string of the molecule is COc1cc(C#N)c(F)cc1S. The van der Waals surface area contributed by atoms with Gasteiger partial charge in [-0.1, -0.05) is 0 Å². The quantitative estimate of drug-likeness (QED) is 0.675. The zero-order valence-corrected chi connectivity index (χ0v) is 7.23. The van der Waals surface area contributed by atoms with Crippen molar-refractivity contribution in [3.8, 4) is 11.8 Å². The van der Waals surface area contributed by atoms with Crippen LogP contribution in [0.1, 0.15) is 5.56 Å². The number of halogens is 1. The number of benzene rings is 1. The molecule has 0 aromatic heterocycles. The first-order valence-electron chi connectivity index (χ1n) is 3.15. The smallest absolute Gasteiger partial charge is 0.142 e. The van der Waals surface area contributed by atoms with Gasteiger partial charge in [0, 0.05) is 11.0 Å². The molecule has 0 radical (unpaired) electrons. The highest BCUT2D eigenvalue weighted by molar-refractivity contribution is 7.80. The molecule has 0 amide bonds. The lowest BCUT2D eigenvalue weighted by Gasteiger charge is -2.03. The van der Waals surface area contributed by atoms with Gasteiger partial charge >= 0.3 is 0 Å². The third-order valence-electron chi connectivity index (χ3n) is 1.39. The molecule has 1 rings (SSSR count). The van der Waals surface area contributed by atoms with Crippen molar-refractivity contribution in [3.05, 3.63) is 23.5 Å². The van der Waals surface area contributed by atoms with E-state index >= 15 is 0 Å². The fourth-order valence-electron chi connectivity index (χ4n) is 0.792. The first-order valence-corrected chi connectivity index (χ1v) is 3.60. The summed E-state index contributed by atoms with van der Waals surface area (Å²) in [6.07, 6.45) is 0. The number of methoxy groups -OCH3 is 1. The van der Waals surface area contributed by atoms with E-state index < -0.39 is 5.82 Å². The van der Waals surface area contributed by atoms with Gasteiger partial charge < -0.3 is 4.74 Å². The molecular formula is C8H6FNOS. The maximum Gasteiger partial charge on any atom is 0.142 e. The van der Waals surface area contributed by atoms with Crippen LogP contribution in [0.25, 0.3) is 0 Å². The number of hydrogen-bond acceptors (Lipinski definition) is 3. The minimum atomic E-state index is -0.580. The van der Waals surface area contributed by atoms with Gasteiger partial charge in [-0.05, 0) is 6.07 Å². The van der Waals surface area contributed by atoms with E-state index in [-0.39, 0.29) is 5.56 Å². The fourth-order valence-corrected chi connectivity index (χ4v) is 1.06. The van der Waals surface area contributed by atoms with Crippen LogP contribution in [0.2, 0.25) is 0 Å². The minimum absolute atomic E-state index is 0.0374. The molecule has 0 heterocycles. The molecule has 0 saturated heterocycles. The van der Waals surface area contributed by atoms with Crippen LogP contribution < -0.4 is 4.74 Å². The highest BCUT2D eigenvalue weighted by atomic mass is 32.1. The summed E-state index contributed by atoms with van der Waals surface area (Å²) >= 11 is 3.96. The van der Waals surface area contributed by atoms with Gasteiger partial charge in [0.1, 0.15) is 17.6 Å². The first-order chi connectivity index (χ1) is 5.69. The fraction of sp³-hybridized carbons (Fsp3) is 0.125. The topological polar surface area (TPSA) is 33.0 Å². The number of ether oxygens (including phenoxy) is 1. The zero-order chi connectivity index (χ0) is 9.14. The summed E-state index contributed by atoms with van der Waals surface area (Å²) in [5, 5.41) is 8.46. The lowest BCUT2D eigenvalue weighted by atomic mass is 10.2. The van der Waals surface area contributed by atoms with Gasteiger partial charge in [0.15, 0.2) is 0 Å². The van der Waals surface area contributed by atoms with Crippen LogP contribution in [0.5, 0.6) is 5.75 Å². The monoisotopic (exact) mass is 183 g/mol. The number of nitrogens with zero attached hydrogens (tertiary/aromatic N) is 1. The molecule has 0 atom stereocenters. The van der Waals surface area contributed by atoms with Crippen LogP contribution >= 0.6 is 12.6 Å². The Labute approximate surface area is 75.0 Å². The average molecular weight is 183 g/mol. The van der Waals surface area contributed by atoms with Crippen LogP contribution in [0.4, 0.5) is 4.39 Å². The summed E-state index contributed by atoms with van der Waals surface area (Å²) in [5.41, 5.74) is -0.0374. The molecule has 1 aromatic rings.